The molecular formula is C36H53N7O4. The average molecular weight is 648 g/mol. The number of nitrogens with one attached hydrogen (secondary N) is 2. The second-order valence-electron chi connectivity index (χ2n) is 12.2. The van der Waals surface area contributed by atoms with E-state index in [1.807, 2.05) is 18.7 Å². The van der Waals surface area contributed by atoms with Gasteiger partial charge in [-0.05, 0) is 81.7 Å². The minimum absolute atomic E-state index is 0.0458. The molecule has 3 heterocycles. The first kappa shape index (κ1) is 37.2. The summed E-state index contributed by atoms with van der Waals surface area (Å²) in [5.41, 5.74) is 10.2. The Labute approximate surface area is 279 Å². The number of carbonyl (C=O) groups excluding carboxylic acids is 3. The maximum absolute atomic E-state index is 12.4. The molecule has 2 saturated heterocycles. The van der Waals surface area contributed by atoms with E-state index in [1.54, 1.807) is 13.0 Å². The zero-order chi connectivity index (χ0) is 34.5. The lowest BCUT2D eigenvalue weighted by molar-refractivity contribution is -0.130. The third kappa shape index (κ3) is 10.9. The first-order valence-electron chi connectivity index (χ1n) is 16.8. The van der Waals surface area contributed by atoms with Crippen molar-refractivity contribution in [1.82, 2.24) is 25.4 Å². The standard InChI is InChI=1S/C18H25N3O.C16H22N4O3.C2H6/c1-3-18(22)21-11-10-20(13-14(21)2)9-8-17-7-6-16(12-19-17)15-4-5-15;1-9-6-13(21)12(15(22)18-2)8-11(9)16(23)20-14(17)7-10-4-3-5-19-10;1-2/h3,6-7,12,14-15H,1,4-5,8-11,13H2,2H3;6-7,11,19,21H,3-5,8H2,1-2H3,(H,18,22)(H2,17,20,23);1-2H3/b;10-7-;/t14-;;/m1../s1. The van der Waals surface area contributed by atoms with E-state index in [1.165, 1.54) is 43.3 Å². The number of allylic oxidation sites excluding steroid dienone is 2. The number of aliphatic imine (C=N–C) groups is 1. The first-order valence-corrected chi connectivity index (χ1v) is 16.8. The number of aromatic nitrogens is 1. The number of likely N-dealkylation sites (N-methyl/N-ethyl adjacent to an activating group) is 1. The number of hydrogen-bond acceptors (Lipinski definition) is 7. The normalized spacial score (nSPS) is 22.2. The molecule has 5 N–H and O–H groups in total. The van der Waals surface area contributed by atoms with Crippen molar-refractivity contribution >= 4 is 23.6 Å². The van der Waals surface area contributed by atoms with Crippen molar-refractivity contribution in [3.8, 4) is 0 Å². The lowest BCUT2D eigenvalue weighted by Gasteiger charge is -2.39. The van der Waals surface area contributed by atoms with Gasteiger partial charge in [-0.15, -0.1) is 0 Å². The molecule has 256 valence electrons. The van der Waals surface area contributed by atoms with Crippen LogP contribution in [0.1, 0.15) is 77.0 Å². The Hall–Kier alpha value is -4.25. The number of amidine groups is 1. The Bertz CT molecular complexity index is 1380. The molecule has 0 bridgehead atoms. The van der Waals surface area contributed by atoms with Crippen LogP contribution in [0.4, 0.5) is 0 Å². The van der Waals surface area contributed by atoms with Crippen LogP contribution >= 0.6 is 0 Å². The Morgan fingerprint density at radius 3 is 2.55 bits per heavy atom. The fourth-order valence-electron chi connectivity index (χ4n) is 5.87. The van der Waals surface area contributed by atoms with Crippen molar-refractivity contribution in [1.29, 1.82) is 0 Å². The van der Waals surface area contributed by atoms with E-state index in [0.717, 1.165) is 63.6 Å². The second-order valence-corrected chi connectivity index (χ2v) is 12.2. The number of aliphatic hydroxyl groups is 1. The predicted molar refractivity (Wildman–Crippen MR) is 187 cm³/mol. The monoisotopic (exact) mass is 647 g/mol. The number of aliphatic hydroxyl groups excluding tert-OH is 1. The number of hydrogen-bond donors (Lipinski definition) is 4. The molecule has 11 nitrogen and oxygen atoms in total. The Morgan fingerprint density at radius 1 is 1.23 bits per heavy atom. The summed E-state index contributed by atoms with van der Waals surface area (Å²) in [5.74, 6) is -0.556. The van der Waals surface area contributed by atoms with Gasteiger partial charge in [-0.1, -0.05) is 32.1 Å². The summed E-state index contributed by atoms with van der Waals surface area (Å²) in [7, 11) is 1.47. The molecule has 11 heteroatoms. The van der Waals surface area contributed by atoms with E-state index < -0.39 is 17.7 Å². The summed E-state index contributed by atoms with van der Waals surface area (Å²) in [6.45, 7) is 16.0. The highest BCUT2D eigenvalue weighted by molar-refractivity contribution is 6.02. The van der Waals surface area contributed by atoms with Crippen LogP contribution < -0.4 is 16.4 Å². The molecule has 47 heavy (non-hydrogen) atoms. The molecular weight excluding hydrogens is 594 g/mol. The number of nitrogens with two attached hydrogens (primary N) is 1. The third-order valence-corrected chi connectivity index (χ3v) is 8.72. The van der Waals surface area contributed by atoms with E-state index in [2.05, 4.69) is 57.3 Å². The van der Waals surface area contributed by atoms with E-state index in [0.29, 0.717) is 5.57 Å². The summed E-state index contributed by atoms with van der Waals surface area (Å²) in [5, 5.41) is 15.5. The fourth-order valence-corrected chi connectivity index (χ4v) is 5.87. The minimum Gasteiger partial charge on any atom is -0.507 e. The van der Waals surface area contributed by atoms with E-state index in [9.17, 15) is 19.5 Å². The first-order chi connectivity index (χ1) is 22.6. The maximum Gasteiger partial charge on any atom is 0.255 e. The molecule has 1 aromatic heterocycles. The zero-order valence-corrected chi connectivity index (χ0v) is 28.7. The molecule has 1 saturated carbocycles. The smallest absolute Gasteiger partial charge is 0.255 e. The Balaban J connectivity index is 0.000000243. The average Bonchev–Trinajstić information content (AvgIpc) is 3.80. The van der Waals surface area contributed by atoms with Crippen LogP contribution in [-0.2, 0) is 20.8 Å². The quantitative estimate of drug-likeness (QED) is 0.188. The van der Waals surface area contributed by atoms with Crippen molar-refractivity contribution in [2.24, 2.45) is 16.6 Å². The van der Waals surface area contributed by atoms with Gasteiger partial charge in [0.25, 0.3) is 11.8 Å². The summed E-state index contributed by atoms with van der Waals surface area (Å²) in [6, 6.07) is 4.67. The van der Waals surface area contributed by atoms with Gasteiger partial charge in [0.05, 0.1) is 11.5 Å². The Morgan fingerprint density at radius 2 is 1.98 bits per heavy atom. The van der Waals surface area contributed by atoms with Crippen LogP contribution in [0, 0.1) is 5.92 Å². The van der Waals surface area contributed by atoms with Crippen molar-refractivity contribution in [3.05, 3.63) is 77.0 Å². The molecule has 4 aliphatic rings. The van der Waals surface area contributed by atoms with E-state index >= 15 is 0 Å². The van der Waals surface area contributed by atoms with Gasteiger partial charge in [-0.25, -0.2) is 0 Å². The molecule has 2 aliphatic carbocycles. The van der Waals surface area contributed by atoms with Crippen molar-refractivity contribution < 1.29 is 19.5 Å². The molecule has 3 amide bonds. The van der Waals surface area contributed by atoms with Crippen LogP contribution in [0.2, 0.25) is 0 Å². The molecule has 0 radical (unpaired) electrons. The van der Waals surface area contributed by atoms with Gasteiger partial charge < -0.3 is 26.4 Å². The van der Waals surface area contributed by atoms with Gasteiger partial charge >= 0.3 is 0 Å². The van der Waals surface area contributed by atoms with Gasteiger partial charge in [0.2, 0.25) is 5.91 Å². The van der Waals surface area contributed by atoms with Crippen LogP contribution in [0.15, 0.2) is 70.7 Å². The number of rotatable bonds is 8. The third-order valence-electron chi connectivity index (χ3n) is 8.72. The highest BCUT2D eigenvalue weighted by Crippen LogP contribution is 2.39. The summed E-state index contributed by atoms with van der Waals surface area (Å²) in [4.78, 5) is 48.7. The summed E-state index contributed by atoms with van der Waals surface area (Å²) >= 11 is 0. The maximum atomic E-state index is 12.4. The highest BCUT2D eigenvalue weighted by atomic mass is 16.3. The summed E-state index contributed by atoms with van der Waals surface area (Å²) in [6.07, 6.45) is 12.2. The fraction of sp³-hybridized carbons (Fsp3) is 0.528. The number of piperazine rings is 1. The van der Waals surface area contributed by atoms with Crippen molar-refractivity contribution in [3.63, 3.8) is 0 Å². The lowest BCUT2D eigenvalue weighted by atomic mass is 9.86. The molecule has 3 fully saturated rings. The van der Waals surface area contributed by atoms with Gasteiger partial charge in [-0.2, -0.15) is 4.99 Å². The van der Waals surface area contributed by atoms with Gasteiger partial charge in [0.15, 0.2) is 0 Å². The molecule has 5 rings (SSSR count). The number of carbonyl (C=O) groups is 3. The topological polar surface area (TPSA) is 153 Å². The predicted octanol–water partition coefficient (Wildman–Crippen LogP) is 3.91. The number of nitrogens with zero attached hydrogens (tertiary/aromatic N) is 4. The zero-order valence-electron chi connectivity index (χ0n) is 28.7. The number of amides is 3. The molecule has 2 atom stereocenters. The molecule has 1 aromatic rings. The summed E-state index contributed by atoms with van der Waals surface area (Å²) < 4.78 is 0. The highest BCUT2D eigenvalue weighted by Gasteiger charge is 2.30. The molecule has 0 aromatic carbocycles. The lowest BCUT2D eigenvalue weighted by Crippen LogP contribution is -2.53. The molecule has 1 unspecified atom stereocenters. The van der Waals surface area contributed by atoms with Crippen molar-refractivity contribution in [2.75, 3.05) is 39.8 Å². The van der Waals surface area contributed by atoms with E-state index in [-0.39, 0.29) is 35.5 Å². The minimum atomic E-state index is -0.591. The Kier molecular flexibility index (Phi) is 14.4. The van der Waals surface area contributed by atoms with Crippen LogP contribution in [0.25, 0.3) is 0 Å². The van der Waals surface area contributed by atoms with Gasteiger partial charge in [0.1, 0.15) is 11.6 Å². The van der Waals surface area contributed by atoms with Crippen LogP contribution in [0.3, 0.4) is 0 Å². The SMILES string of the molecule is C=CC(=O)N1CCN(CCc2ccc(C3CC3)cn2)C[C@H]1C.CC.CNC(=O)C1=C(O)C=C(C)C(C(=O)N=C(N)/C=C2/CCCN2)C1. The largest absolute Gasteiger partial charge is 0.507 e. The number of pyridine rings is 1. The van der Waals surface area contributed by atoms with Gasteiger partial charge in [0, 0.05) is 69.8 Å². The van der Waals surface area contributed by atoms with Crippen molar-refractivity contribution in [2.45, 2.75) is 78.2 Å². The van der Waals surface area contributed by atoms with E-state index in [4.69, 9.17) is 5.73 Å². The molecule has 2 aliphatic heterocycles. The molecule has 0 spiro atoms. The second kappa shape index (κ2) is 18.2. The van der Waals surface area contributed by atoms with Crippen LogP contribution in [-0.4, -0.2) is 89.3 Å². The van der Waals surface area contributed by atoms with Gasteiger partial charge in [-0.3, -0.25) is 24.3 Å². The van der Waals surface area contributed by atoms with Crippen LogP contribution in [0.5, 0.6) is 0 Å².